The Labute approximate surface area is 86.6 Å². The molecule has 1 saturated heterocycles. The third kappa shape index (κ3) is 13.1. The molecule has 0 aromatic heterocycles. The summed E-state index contributed by atoms with van der Waals surface area (Å²) in [6, 6.07) is 0. The Balaban J connectivity index is 0.000000336. The average Bonchev–Trinajstić information content (AvgIpc) is 2.48. The topological polar surface area (TPSA) is 157 Å². The minimum absolute atomic E-state index is 0.0297. The second-order valence-corrected chi connectivity index (χ2v) is 3.39. The van der Waals surface area contributed by atoms with E-state index in [2.05, 4.69) is 4.99 Å². The van der Waals surface area contributed by atoms with Crippen LogP contribution in [0.1, 0.15) is 0 Å². The number of ether oxygens (including phenoxy) is 2. The Morgan fingerprint density at radius 1 is 1.47 bits per heavy atom. The Kier molecular flexibility index (Phi) is 6.12. The fourth-order valence-electron chi connectivity index (χ4n) is 0.685. The van der Waals surface area contributed by atoms with Gasteiger partial charge in [-0.2, -0.15) is 8.42 Å². The van der Waals surface area contributed by atoms with Crippen molar-refractivity contribution < 1.29 is 27.0 Å². The van der Waals surface area contributed by atoms with E-state index in [-0.39, 0.29) is 12.1 Å². The summed E-state index contributed by atoms with van der Waals surface area (Å²) >= 11 is 0. The number of hydrogen-bond acceptors (Lipinski definition) is 5. The third-order valence-corrected chi connectivity index (χ3v) is 1.17. The lowest BCUT2D eigenvalue weighted by molar-refractivity contribution is 0.0492. The molecule has 0 aromatic rings. The Bertz CT molecular complexity index is 284. The maximum absolute atomic E-state index is 8.74. The maximum Gasteiger partial charge on any atom is 0.394 e. The van der Waals surface area contributed by atoms with Gasteiger partial charge in [-0.1, -0.05) is 0 Å². The van der Waals surface area contributed by atoms with Gasteiger partial charge in [-0.25, -0.2) is 0 Å². The molecule has 1 aliphatic rings. The SMILES string of the molecule is NC(N)=NCC1COCO1.O=S(=O)(O)O. The molecule has 1 aliphatic heterocycles. The van der Waals surface area contributed by atoms with Crippen molar-refractivity contribution in [1.29, 1.82) is 0 Å². The van der Waals surface area contributed by atoms with Crippen LogP contribution in [0, 0.1) is 0 Å². The predicted octanol–water partition coefficient (Wildman–Crippen LogP) is -2.02. The fourth-order valence-corrected chi connectivity index (χ4v) is 0.685. The van der Waals surface area contributed by atoms with Gasteiger partial charge in [0.15, 0.2) is 5.96 Å². The first-order valence-corrected chi connectivity index (χ1v) is 5.13. The van der Waals surface area contributed by atoms with Crippen molar-refractivity contribution in [2.45, 2.75) is 6.10 Å². The molecule has 10 heteroatoms. The lowest BCUT2D eigenvalue weighted by atomic mass is 10.4. The van der Waals surface area contributed by atoms with E-state index in [1.807, 2.05) is 0 Å². The van der Waals surface area contributed by atoms with E-state index in [4.69, 9.17) is 38.5 Å². The van der Waals surface area contributed by atoms with Gasteiger partial charge in [0.2, 0.25) is 0 Å². The summed E-state index contributed by atoms with van der Waals surface area (Å²) in [6.45, 7) is 1.42. The van der Waals surface area contributed by atoms with Crippen molar-refractivity contribution in [2.75, 3.05) is 19.9 Å². The molecule has 1 heterocycles. The molecule has 1 atom stereocenters. The second-order valence-electron chi connectivity index (χ2n) is 2.49. The molecule has 1 unspecified atom stereocenters. The molecular formula is C5H13N3O6S. The highest BCUT2D eigenvalue weighted by molar-refractivity contribution is 7.79. The van der Waals surface area contributed by atoms with Crippen LogP contribution in [0.4, 0.5) is 0 Å². The van der Waals surface area contributed by atoms with Crippen LogP contribution in [0.15, 0.2) is 4.99 Å². The molecule has 0 amide bonds. The minimum Gasteiger partial charge on any atom is -0.370 e. The van der Waals surface area contributed by atoms with Gasteiger partial charge in [-0.15, -0.1) is 0 Å². The standard InChI is InChI=1S/C5H11N3O2.H2O4S/c6-5(7)8-1-4-2-9-3-10-4;1-5(2,3)4/h4H,1-3H2,(H4,6,7,8);(H2,1,2,3,4). The zero-order valence-corrected chi connectivity index (χ0v) is 8.55. The first-order chi connectivity index (χ1) is 6.79. The number of guanidine groups is 1. The van der Waals surface area contributed by atoms with E-state index in [1.54, 1.807) is 0 Å². The van der Waals surface area contributed by atoms with Gasteiger partial charge >= 0.3 is 10.4 Å². The van der Waals surface area contributed by atoms with Gasteiger partial charge in [0.25, 0.3) is 0 Å². The number of nitrogens with two attached hydrogens (primary N) is 2. The van der Waals surface area contributed by atoms with Gasteiger partial charge in [0.05, 0.1) is 13.2 Å². The zero-order chi connectivity index (χ0) is 11.9. The second kappa shape index (κ2) is 6.53. The van der Waals surface area contributed by atoms with Crippen molar-refractivity contribution >= 4 is 16.4 Å². The van der Waals surface area contributed by atoms with Crippen LogP contribution in [0.25, 0.3) is 0 Å². The van der Waals surface area contributed by atoms with E-state index < -0.39 is 10.4 Å². The highest BCUT2D eigenvalue weighted by Crippen LogP contribution is 2.01. The van der Waals surface area contributed by atoms with Crippen molar-refractivity contribution in [1.82, 2.24) is 0 Å². The number of aliphatic imine (C=N–C) groups is 1. The van der Waals surface area contributed by atoms with Crippen molar-refractivity contribution in [3.8, 4) is 0 Å². The highest BCUT2D eigenvalue weighted by Gasteiger charge is 2.14. The molecule has 15 heavy (non-hydrogen) atoms. The van der Waals surface area contributed by atoms with Crippen LogP contribution in [-0.2, 0) is 19.9 Å². The molecule has 0 spiro atoms. The summed E-state index contributed by atoms with van der Waals surface area (Å²) in [5.41, 5.74) is 10.2. The Morgan fingerprint density at radius 3 is 2.33 bits per heavy atom. The van der Waals surface area contributed by atoms with Crippen LogP contribution in [-0.4, -0.2) is 49.5 Å². The third-order valence-electron chi connectivity index (χ3n) is 1.17. The van der Waals surface area contributed by atoms with Crippen molar-refractivity contribution in [2.24, 2.45) is 16.5 Å². The number of nitrogens with zero attached hydrogens (tertiary/aromatic N) is 1. The van der Waals surface area contributed by atoms with Gasteiger partial charge in [0.1, 0.15) is 12.9 Å². The van der Waals surface area contributed by atoms with Gasteiger partial charge in [-0.05, 0) is 0 Å². The smallest absolute Gasteiger partial charge is 0.370 e. The lowest BCUT2D eigenvalue weighted by Crippen LogP contribution is -2.25. The van der Waals surface area contributed by atoms with E-state index in [9.17, 15) is 0 Å². The molecule has 9 nitrogen and oxygen atoms in total. The minimum atomic E-state index is -4.67. The quantitative estimate of drug-likeness (QED) is 0.246. The summed E-state index contributed by atoms with van der Waals surface area (Å²) in [4.78, 5) is 3.77. The van der Waals surface area contributed by atoms with Gasteiger partial charge in [0, 0.05) is 0 Å². The largest absolute Gasteiger partial charge is 0.394 e. The Hall–Kier alpha value is -0.940. The van der Waals surface area contributed by atoms with E-state index >= 15 is 0 Å². The first kappa shape index (κ1) is 14.1. The summed E-state index contributed by atoms with van der Waals surface area (Å²) in [7, 11) is -4.67. The predicted molar refractivity (Wildman–Crippen MR) is 50.5 cm³/mol. The van der Waals surface area contributed by atoms with Gasteiger partial charge in [-0.3, -0.25) is 14.1 Å². The summed E-state index contributed by atoms with van der Waals surface area (Å²) < 4.78 is 41.6. The molecule has 6 N–H and O–H groups in total. The molecule has 0 saturated carbocycles. The molecule has 1 rings (SSSR count). The van der Waals surface area contributed by atoms with Gasteiger partial charge < -0.3 is 20.9 Å². The zero-order valence-electron chi connectivity index (χ0n) is 7.74. The average molecular weight is 243 g/mol. The van der Waals surface area contributed by atoms with Crippen LogP contribution < -0.4 is 11.5 Å². The molecule has 0 aliphatic carbocycles. The molecule has 1 fully saturated rings. The first-order valence-electron chi connectivity index (χ1n) is 3.73. The fraction of sp³-hybridized carbons (Fsp3) is 0.800. The van der Waals surface area contributed by atoms with Crippen LogP contribution >= 0.6 is 0 Å². The van der Waals surface area contributed by atoms with Crippen LogP contribution in [0.3, 0.4) is 0 Å². The molecule has 0 aromatic carbocycles. The monoisotopic (exact) mass is 243 g/mol. The Morgan fingerprint density at radius 2 is 2.00 bits per heavy atom. The lowest BCUT2D eigenvalue weighted by Gasteiger charge is -2.01. The van der Waals surface area contributed by atoms with Crippen molar-refractivity contribution in [3.63, 3.8) is 0 Å². The van der Waals surface area contributed by atoms with Crippen LogP contribution in [0.5, 0.6) is 0 Å². The van der Waals surface area contributed by atoms with Crippen molar-refractivity contribution in [3.05, 3.63) is 0 Å². The summed E-state index contributed by atoms with van der Waals surface area (Å²) in [5, 5.41) is 0. The van der Waals surface area contributed by atoms with E-state index in [1.165, 1.54) is 0 Å². The normalized spacial score (nSPS) is 20.3. The van der Waals surface area contributed by atoms with E-state index in [0.717, 1.165) is 0 Å². The summed E-state index contributed by atoms with van der Waals surface area (Å²) in [5.74, 6) is 0.0931. The molecule has 0 radical (unpaired) electrons. The number of hydrogen-bond donors (Lipinski definition) is 4. The summed E-state index contributed by atoms with van der Waals surface area (Å²) in [6.07, 6.45) is 0.0297. The molecule has 0 bridgehead atoms. The number of rotatable bonds is 2. The van der Waals surface area contributed by atoms with Crippen LogP contribution in [0.2, 0.25) is 0 Å². The molecule has 90 valence electrons. The van der Waals surface area contributed by atoms with E-state index in [0.29, 0.717) is 19.9 Å². The highest BCUT2D eigenvalue weighted by atomic mass is 32.3. The maximum atomic E-state index is 8.74. The molecular weight excluding hydrogens is 230 g/mol.